The van der Waals surface area contributed by atoms with E-state index >= 15 is 0 Å². The van der Waals surface area contributed by atoms with Gasteiger partial charge in [0, 0.05) is 31.7 Å². The molecule has 0 spiro atoms. The van der Waals surface area contributed by atoms with Crippen molar-refractivity contribution in [2.45, 2.75) is 38.0 Å². The van der Waals surface area contributed by atoms with E-state index < -0.39 is 21.9 Å². The van der Waals surface area contributed by atoms with E-state index in [1.807, 2.05) is 0 Å². The van der Waals surface area contributed by atoms with E-state index in [2.05, 4.69) is 0 Å². The van der Waals surface area contributed by atoms with Gasteiger partial charge in [-0.2, -0.15) is 4.31 Å². The average molecular weight is 431 g/mol. The molecule has 0 bridgehead atoms. The molecule has 1 aliphatic heterocycles. The molecule has 1 aliphatic rings. The van der Waals surface area contributed by atoms with Crippen LogP contribution in [0.2, 0.25) is 5.02 Å². The number of sulfonamides is 1. The third-order valence-corrected chi connectivity index (χ3v) is 7.26. The van der Waals surface area contributed by atoms with Crippen molar-refractivity contribution in [2.24, 2.45) is 5.92 Å². The van der Waals surface area contributed by atoms with Crippen LogP contribution in [0.15, 0.2) is 23.1 Å². The van der Waals surface area contributed by atoms with Crippen LogP contribution in [-0.4, -0.2) is 62.8 Å². The highest BCUT2D eigenvalue weighted by molar-refractivity contribution is 7.89. The van der Waals surface area contributed by atoms with Gasteiger partial charge >= 0.3 is 5.97 Å². The van der Waals surface area contributed by atoms with Crippen LogP contribution in [0.3, 0.4) is 0 Å². The molecule has 1 atom stereocenters. The Hall–Kier alpha value is -1.64. The lowest BCUT2D eigenvalue weighted by molar-refractivity contribution is -0.145. The quantitative estimate of drug-likeness (QED) is 0.621. The molecule has 1 amide bonds. The number of methoxy groups -OCH3 is 1. The summed E-state index contributed by atoms with van der Waals surface area (Å²) in [7, 11) is -2.47. The average Bonchev–Trinajstić information content (AvgIpc) is 2.71. The number of ether oxygens (including phenoxy) is 1. The molecule has 0 radical (unpaired) electrons. The molecule has 1 unspecified atom stereocenters. The van der Waals surface area contributed by atoms with E-state index in [4.69, 9.17) is 16.3 Å². The normalized spacial score (nSPS) is 16.4. The second-order valence-electron chi connectivity index (χ2n) is 6.88. The lowest BCUT2D eigenvalue weighted by atomic mass is 10.1. The molecular weight excluding hydrogens is 404 g/mol. The first-order chi connectivity index (χ1) is 13.2. The second-order valence-corrected chi connectivity index (χ2v) is 9.19. The van der Waals surface area contributed by atoms with Crippen molar-refractivity contribution < 1.29 is 22.7 Å². The first-order valence-electron chi connectivity index (χ1n) is 9.39. The van der Waals surface area contributed by atoms with Crippen molar-refractivity contribution in [2.75, 3.05) is 33.3 Å². The van der Waals surface area contributed by atoms with Gasteiger partial charge in [-0.15, -0.1) is 0 Å². The Balaban J connectivity index is 2.30. The number of nitrogens with zero attached hydrogens (tertiary/aromatic N) is 2. The van der Waals surface area contributed by atoms with Gasteiger partial charge in [0.1, 0.15) is 4.90 Å². The standard InChI is InChI=1S/C19H27ClN2O5S/c1-4-21(13-14(2)19(24)27-3)18(23)15-8-9-16(20)17(12-15)28(25,26)22-10-6-5-7-11-22/h8-9,12,14H,4-7,10-11,13H2,1-3H3. The third kappa shape index (κ3) is 5.04. The molecule has 9 heteroatoms. The number of benzene rings is 1. The lowest BCUT2D eigenvalue weighted by Gasteiger charge is -2.27. The highest BCUT2D eigenvalue weighted by Crippen LogP contribution is 2.28. The van der Waals surface area contributed by atoms with Crippen LogP contribution in [0.4, 0.5) is 0 Å². The van der Waals surface area contributed by atoms with Crippen molar-refractivity contribution in [3.05, 3.63) is 28.8 Å². The Bertz CT molecular complexity index is 822. The van der Waals surface area contributed by atoms with E-state index in [0.717, 1.165) is 19.3 Å². The number of piperidine rings is 1. The Morgan fingerprint density at radius 3 is 2.46 bits per heavy atom. The fraction of sp³-hybridized carbons (Fsp3) is 0.579. The number of amides is 1. The molecule has 28 heavy (non-hydrogen) atoms. The molecule has 0 aromatic heterocycles. The molecule has 0 N–H and O–H groups in total. The first kappa shape index (κ1) is 22.6. The number of hydrogen-bond acceptors (Lipinski definition) is 5. The minimum Gasteiger partial charge on any atom is -0.469 e. The number of carbonyl (C=O) groups is 2. The maximum absolute atomic E-state index is 13.0. The molecule has 0 aliphatic carbocycles. The van der Waals surface area contributed by atoms with Crippen molar-refractivity contribution >= 4 is 33.5 Å². The Morgan fingerprint density at radius 2 is 1.89 bits per heavy atom. The lowest BCUT2D eigenvalue weighted by Crippen LogP contribution is -2.38. The van der Waals surface area contributed by atoms with Crippen molar-refractivity contribution in [3.8, 4) is 0 Å². The molecular formula is C19H27ClN2O5S. The van der Waals surface area contributed by atoms with Gasteiger partial charge in [-0.1, -0.05) is 24.9 Å². The van der Waals surface area contributed by atoms with Gasteiger partial charge in [0.15, 0.2) is 0 Å². The van der Waals surface area contributed by atoms with Crippen LogP contribution in [0, 0.1) is 5.92 Å². The molecule has 1 aromatic rings. The number of rotatable bonds is 7. The molecule has 0 saturated carbocycles. The van der Waals surface area contributed by atoms with E-state index in [9.17, 15) is 18.0 Å². The zero-order valence-corrected chi connectivity index (χ0v) is 18.1. The number of hydrogen-bond donors (Lipinski definition) is 0. The van der Waals surface area contributed by atoms with Crippen molar-refractivity contribution in [3.63, 3.8) is 0 Å². The topological polar surface area (TPSA) is 84.0 Å². The largest absolute Gasteiger partial charge is 0.469 e. The number of esters is 1. The zero-order valence-electron chi connectivity index (χ0n) is 16.5. The van der Waals surface area contributed by atoms with E-state index in [-0.39, 0.29) is 27.9 Å². The molecule has 1 aromatic carbocycles. The van der Waals surface area contributed by atoms with Crippen LogP contribution in [0.1, 0.15) is 43.5 Å². The summed E-state index contributed by atoms with van der Waals surface area (Å²) in [6, 6.07) is 4.27. The van der Waals surface area contributed by atoms with Gasteiger partial charge in [0.2, 0.25) is 10.0 Å². The van der Waals surface area contributed by atoms with Crippen LogP contribution in [0.5, 0.6) is 0 Å². The summed E-state index contributed by atoms with van der Waals surface area (Å²) >= 11 is 6.17. The summed E-state index contributed by atoms with van der Waals surface area (Å²) in [5, 5.41) is 0.0908. The molecule has 1 saturated heterocycles. The number of halogens is 1. The Kier molecular flexibility index (Phi) is 7.86. The van der Waals surface area contributed by atoms with E-state index in [1.54, 1.807) is 13.8 Å². The van der Waals surface area contributed by atoms with Gasteiger partial charge in [-0.05, 0) is 38.0 Å². The maximum Gasteiger partial charge on any atom is 0.310 e. The van der Waals surface area contributed by atoms with E-state index in [1.165, 1.54) is 34.5 Å². The van der Waals surface area contributed by atoms with Gasteiger partial charge in [0.05, 0.1) is 18.1 Å². The highest BCUT2D eigenvalue weighted by atomic mass is 35.5. The fourth-order valence-corrected chi connectivity index (χ4v) is 5.24. The first-order valence-corrected chi connectivity index (χ1v) is 11.2. The summed E-state index contributed by atoms with van der Waals surface area (Å²) in [4.78, 5) is 26.0. The molecule has 2 rings (SSSR count). The van der Waals surface area contributed by atoms with Crippen LogP contribution < -0.4 is 0 Å². The van der Waals surface area contributed by atoms with Crippen LogP contribution >= 0.6 is 11.6 Å². The number of carbonyl (C=O) groups excluding carboxylic acids is 2. The highest BCUT2D eigenvalue weighted by Gasteiger charge is 2.29. The summed E-state index contributed by atoms with van der Waals surface area (Å²) < 4.78 is 32.1. The smallest absolute Gasteiger partial charge is 0.310 e. The summed E-state index contributed by atoms with van der Waals surface area (Å²) in [5.74, 6) is -1.25. The van der Waals surface area contributed by atoms with E-state index in [0.29, 0.717) is 19.6 Å². The summed E-state index contributed by atoms with van der Waals surface area (Å²) in [6.07, 6.45) is 2.62. The van der Waals surface area contributed by atoms with Gasteiger partial charge < -0.3 is 9.64 Å². The molecule has 7 nitrogen and oxygen atoms in total. The third-order valence-electron chi connectivity index (χ3n) is 4.88. The predicted octanol–water partition coefficient (Wildman–Crippen LogP) is 2.79. The SMILES string of the molecule is CCN(CC(C)C(=O)OC)C(=O)c1ccc(Cl)c(S(=O)(=O)N2CCCCC2)c1. The summed E-state index contributed by atoms with van der Waals surface area (Å²) in [6.45, 7) is 4.93. The van der Waals surface area contributed by atoms with Gasteiger partial charge in [-0.3, -0.25) is 9.59 Å². The Morgan fingerprint density at radius 1 is 1.25 bits per heavy atom. The zero-order chi connectivity index (χ0) is 20.9. The predicted molar refractivity (Wildman–Crippen MR) is 107 cm³/mol. The van der Waals surface area contributed by atoms with Crippen LogP contribution in [-0.2, 0) is 19.6 Å². The van der Waals surface area contributed by atoms with Gasteiger partial charge in [0.25, 0.3) is 5.91 Å². The molecule has 1 fully saturated rings. The fourth-order valence-electron chi connectivity index (χ4n) is 3.22. The monoisotopic (exact) mass is 430 g/mol. The maximum atomic E-state index is 13.0. The van der Waals surface area contributed by atoms with Crippen molar-refractivity contribution in [1.82, 2.24) is 9.21 Å². The molecule has 1 heterocycles. The van der Waals surface area contributed by atoms with Gasteiger partial charge in [-0.25, -0.2) is 8.42 Å². The van der Waals surface area contributed by atoms with Crippen LogP contribution in [0.25, 0.3) is 0 Å². The molecule has 156 valence electrons. The Labute approximate surface area is 171 Å². The van der Waals surface area contributed by atoms with Crippen molar-refractivity contribution in [1.29, 1.82) is 0 Å². The minimum absolute atomic E-state index is 0.0565. The minimum atomic E-state index is -3.77. The summed E-state index contributed by atoms with van der Waals surface area (Å²) in [5.41, 5.74) is 0.221. The second kappa shape index (κ2) is 9.71.